The van der Waals surface area contributed by atoms with Crippen molar-refractivity contribution in [1.29, 1.82) is 0 Å². The van der Waals surface area contributed by atoms with E-state index >= 15 is 0 Å². The Labute approximate surface area is 157 Å². The Bertz CT molecular complexity index is 648. The molecule has 3 heteroatoms. The molecule has 1 aliphatic heterocycles. The first-order valence-electron chi connectivity index (χ1n) is 9.86. The Morgan fingerprint density at radius 3 is 2.19 bits per heavy atom. The molecule has 1 saturated heterocycles. The highest BCUT2D eigenvalue weighted by atomic mass is 16.1. The van der Waals surface area contributed by atoms with E-state index < -0.39 is 0 Å². The maximum absolute atomic E-state index is 12.1. The fourth-order valence-corrected chi connectivity index (χ4v) is 3.63. The monoisotopic (exact) mass is 350 g/mol. The summed E-state index contributed by atoms with van der Waals surface area (Å²) in [5.74, 6) is 0.827. The Kier molecular flexibility index (Phi) is 7.26. The van der Waals surface area contributed by atoms with Gasteiger partial charge in [0, 0.05) is 19.5 Å². The number of amides is 1. The van der Waals surface area contributed by atoms with Gasteiger partial charge in [-0.2, -0.15) is 0 Å². The molecule has 1 N–H and O–H groups in total. The summed E-state index contributed by atoms with van der Waals surface area (Å²) in [6, 6.07) is 21.1. The van der Waals surface area contributed by atoms with Crippen molar-refractivity contribution in [1.82, 2.24) is 10.2 Å². The Balaban J connectivity index is 1.28. The van der Waals surface area contributed by atoms with Crippen LogP contribution in [0, 0.1) is 5.92 Å². The van der Waals surface area contributed by atoms with Crippen LogP contribution in [0.4, 0.5) is 0 Å². The van der Waals surface area contributed by atoms with Gasteiger partial charge in [-0.15, -0.1) is 0 Å². The lowest BCUT2D eigenvalue weighted by molar-refractivity contribution is -0.121. The van der Waals surface area contributed by atoms with Gasteiger partial charge in [0.05, 0.1) is 0 Å². The zero-order chi connectivity index (χ0) is 18.0. The van der Waals surface area contributed by atoms with E-state index in [9.17, 15) is 4.79 Å². The Morgan fingerprint density at radius 1 is 0.923 bits per heavy atom. The van der Waals surface area contributed by atoms with E-state index in [1.165, 1.54) is 24.0 Å². The van der Waals surface area contributed by atoms with E-state index in [1.54, 1.807) is 0 Å². The van der Waals surface area contributed by atoms with Crippen molar-refractivity contribution in [2.75, 3.05) is 19.6 Å². The van der Waals surface area contributed by atoms with Crippen molar-refractivity contribution in [3.63, 3.8) is 0 Å². The number of likely N-dealkylation sites (tertiary alicyclic amines) is 1. The number of hydrogen-bond acceptors (Lipinski definition) is 2. The molecule has 0 unspecified atom stereocenters. The molecule has 1 fully saturated rings. The lowest BCUT2D eigenvalue weighted by Crippen LogP contribution is -2.38. The second kappa shape index (κ2) is 10.1. The summed E-state index contributed by atoms with van der Waals surface area (Å²) in [6.45, 7) is 4.13. The topological polar surface area (TPSA) is 32.3 Å². The van der Waals surface area contributed by atoms with Gasteiger partial charge in [0.15, 0.2) is 0 Å². The summed E-state index contributed by atoms with van der Waals surface area (Å²) in [5, 5.41) is 3.15. The van der Waals surface area contributed by atoms with Crippen LogP contribution < -0.4 is 5.32 Å². The zero-order valence-electron chi connectivity index (χ0n) is 15.6. The summed E-state index contributed by atoms with van der Waals surface area (Å²) in [7, 11) is 0. The minimum atomic E-state index is 0.202. The molecule has 1 aliphatic rings. The van der Waals surface area contributed by atoms with Crippen LogP contribution in [0.15, 0.2) is 60.7 Å². The van der Waals surface area contributed by atoms with E-state index in [0.29, 0.717) is 12.3 Å². The lowest BCUT2D eigenvalue weighted by Gasteiger charge is -2.32. The van der Waals surface area contributed by atoms with Gasteiger partial charge >= 0.3 is 0 Å². The van der Waals surface area contributed by atoms with Crippen molar-refractivity contribution < 1.29 is 4.79 Å². The van der Waals surface area contributed by atoms with Gasteiger partial charge in [-0.3, -0.25) is 9.69 Å². The number of hydrogen-bond donors (Lipinski definition) is 1. The lowest BCUT2D eigenvalue weighted by atomic mass is 9.96. The molecule has 1 heterocycles. The minimum absolute atomic E-state index is 0.202. The number of nitrogens with zero attached hydrogens (tertiary/aromatic N) is 1. The largest absolute Gasteiger partial charge is 0.356 e. The molecule has 0 bridgehead atoms. The van der Waals surface area contributed by atoms with Crippen molar-refractivity contribution in [2.24, 2.45) is 5.92 Å². The zero-order valence-corrected chi connectivity index (χ0v) is 15.6. The molecule has 0 spiro atoms. The molecule has 1 amide bonds. The molecule has 2 aromatic carbocycles. The molecule has 2 aromatic rings. The third-order valence-electron chi connectivity index (χ3n) is 5.26. The summed E-state index contributed by atoms with van der Waals surface area (Å²) < 4.78 is 0. The summed E-state index contributed by atoms with van der Waals surface area (Å²) in [4.78, 5) is 14.6. The van der Waals surface area contributed by atoms with Crippen LogP contribution in [0.1, 0.15) is 36.8 Å². The molecule has 26 heavy (non-hydrogen) atoms. The smallest absolute Gasteiger partial charge is 0.220 e. The van der Waals surface area contributed by atoms with Gasteiger partial charge in [0.2, 0.25) is 5.91 Å². The fourth-order valence-electron chi connectivity index (χ4n) is 3.63. The van der Waals surface area contributed by atoms with Gasteiger partial charge in [0.25, 0.3) is 0 Å². The molecule has 0 saturated carbocycles. The number of rotatable bonds is 8. The first-order chi connectivity index (χ1) is 12.8. The highest BCUT2D eigenvalue weighted by Gasteiger charge is 2.19. The molecule has 0 aliphatic carbocycles. The summed E-state index contributed by atoms with van der Waals surface area (Å²) in [5.41, 5.74) is 2.70. The molecule has 3 nitrogen and oxygen atoms in total. The molecule has 0 radical (unpaired) electrons. The van der Waals surface area contributed by atoms with E-state index in [2.05, 4.69) is 64.8 Å². The van der Waals surface area contributed by atoms with Crippen LogP contribution in [0.5, 0.6) is 0 Å². The average molecular weight is 351 g/mol. The van der Waals surface area contributed by atoms with E-state index in [-0.39, 0.29) is 5.91 Å². The maximum Gasteiger partial charge on any atom is 0.220 e. The van der Waals surface area contributed by atoms with Gasteiger partial charge in [0.1, 0.15) is 0 Å². The van der Waals surface area contributed by atoms with Crippen molar-refractivity contribution >= 4 is 5.91 Å². The van der Waals surface area contributed by atoms with Gasteiger partial charge < -0.3 is 5.32 Å². The number of carbonyl (C=O) groups excluding carboxylic acids is 1. The van der Waals surface area contributed by atoms with Crippen molar-refractivity contribution in [2.45, 2.75) is 38.6 Å². The number of benzene rings is 2. The second-order valence-corrected chi connectivity index (χ2v) is 7.35. The normalized spacial score (nSPS) is 15.7. The highest BCUT2D eigenvalue weighted by molar-refractivity contribution is 5.75. The minimum Gasteiger partial charge on any atom is -0.356 e. The SMILES string of the molecule is O=C(CCCc1ccccc1)NCC1CCN(Cc2ccccc2)CC1. The first-order valence-corrected chi connectivity index (χ1v) is 9.86. The number of aryl methyl sites for hydroxylation is 1. The molecular formula is C23H30N2O. The van der Waals surface area contributed by atoms with Crippen LogP contribution in [-0.4, -0.2) is 30.4 Å². The molecule has 0 atom stereocenters. The molecule has 3 rings (SSSR count). The predicted octanol–water partition coefficient (Wildman–Crippen LogP) is 4.04. The third-order valence-corrected chi connectivity index (χ3v) is 5.26. The van der Waals surface area contributed by atoms with Crippen LogP contribution in [0.2, 0.25) is 0 Å². The van der Waals surface area contributed by atoms with Crippen LogP contribution in [0.25, 0.3) is 0 Å². The second-order valence-electron chi connectivity index (χ2n) is 7.35. The van der Waals surface area contributed by atoms with Crippen molar-refractivity contribution in [3.8, 4) is 0 Å². The van der Waals surface area contributed by atoms with Gasteiger partial charge in [-0.1, -0.05) is 60.7 Å². The fraction of sp³-hybridized carbons (Fsp3) is 0.435. The Morgan fingerprint density at radius 2 is 1.54 bits per heavy atom. The van der Waals surface area contributed by atoms with Crippen LogP contribution in [0.3, 0.4) is 0 Å². The highest BCUT2D eigenvalue weighted by Crippen LogP contribution is 2.18. The molecule has 138 valence electrons. The van der Waals surface area contributed by atoms with E-state index in [0.717, 1.165) is 39.0 Å². The Hall–Kier alpha value is -2.13. The third kappa shape index (κ3) is 6.30. The van der Waals surface area contributed by atoms with Crippen molar-refractivity contribution in [3.05, 3.63) is 71.8 Å². The molecule has 0 aromatic heterocycles. The summed E-state index contributed by atoms with van der Waals surface area (Å²) in [6.07, 6.45) is 4.88. The van der Waals surface area contributed by atoms with E-state index in [4.69, 9.17) is 0 Å². The quantitative estimate of drug-likeness (QED) is 0.779. The number of nitrogens with one attached hydrogen (secondary N) is 1. The standard InChI is InChI=1S/C23H30N2O/c26-23(13-7-12-20-8-3-1-4-9-20)24-18-21-14-16-25(17-15-21)19-22-10-5-2-6-11-22/h1-6,8-11,21H,7,12-19H2,(H,24,26). The number of piperidine rings is 1. The maximum atomic E-state index is 12.1. The molecular weight excluding hydrogens is 320 g/mol. The van der Waals surface area contributed by atoms with Crippen LogP contribution in [-0.2, 0) is 17.8 Å². The predicted molar refractivity (Wildman–Crippen MR) is 107 cm³/mol. The van der Waals surface area contributed by atoms with Crippen LogP contribution >= 0.6 is 0 Å². The summed E-state index contributed by atoms with van der Waals surface area (Å²) >= 11 is 0. The first kappa shape index (κ1) is 18.7. The average Bonchev–Trinajstić information content (AvgIpc) is 2.69. The number of carbonyl (C=O) groups is 1. The van der Waals surface area contributed by atoms with E-state index in [1.807, 2.05) is 6.07 Å². The van der Waals surface area contributed by atoms with Gasteiger partial charge in [-0.25, -0.2) is 0 Å². The van der Waals surface area contributed by atoms with Gasteiger partial charge in [-0.05, 0) is 55.8 Å².